The number of hydrogen-bond donors (Lipinski definition) is 0. The largest absolute Gasteiger partial charge is 0.460 e. The Bertz CT molecular complexity index is 630. The molecular weight excluding hydrogens is 458 g/mol. The molecule has 168 valence electrons. The Morgan fingerprint density at radius 1 is 0.714 bits per heavy atom. The summed E-state index contributed by atoms with van der Waals surface area (Å²) in [4.78, 5) is 0. The third kappa shape index (κ3) is 4.13. The molecule has 3 nitrogen and oxygen atoms in total. The Kier molecular flexibility index (Phi) is 7.72. The van der Waals surface area contributed by atoms with E-state index in [4.69, 9.17) is 0 Å². The van der Waals surface area contributed by atoms with E-state index in [1.54, 1.807) is 0 Å². The van der Waals surface area contributed by atoms with Gasteiger partial charge >= 0.3 is 37.5 Å². The minimum atomic E-state index is -7.96. The van der Waals surface area contributed by atoms with Gasteiger partial charge in [0.25, 0.3) is 0 Å². The molecule has 0 aromatic heterocycles. The minimum Gasteiger partial charge on any atom is -0.304 e. The second-order valence-corrected chi connectivity index (χ2v) is 6.64. The topological polar surface area (TPSA) is 35.5 Å². The summed E-state index contributed by atoms with van der Waals surface area (Å²) < 4.78 is 187. The van der Waals surface area contributed by atoms with Crippen molar-refractivity contribution in [2.24, 2.45) is 0 Å². The summed E-state index contributed by atoms with van der Waals surface area (Å²) >= 11 is 0. The molecular formula is C11H10F13O3P. The first-order chi connectivity index (χ1) is 12.2. The normalized spacial score (nSPS) is 16.2. The molecule has 28 heavy (non-hydrogen) atoms. The summed E-state index contributed by atoms with van der Waals surface area (Å²) in [6, 6.07) is 0. The Morgan fingerprint density at radius 2 is 1.07 bits per heavy atom. The molecule has 0 aromatic carbocycles. The van der Waals surface area contributed by atoms with E-state index >= 15 is 0 Å². The molecule has 0 unspecified atom stereocenters. The fourth-order valence-electron chi connectivity index (χ4n) is 1.45. The zero-order chi connectivity index (χ0) is 23.0. The molecule has 0 amide bonds. The van der Waals surface area contributed by atoms with Crippen LogP contribution < -0.4 is 0 Å². The highest BCUT2D eigenvalue weighted by molar-refractivity contribution is 7.58. The Hall–Kier alpha value is -1.02. The van der Waals surface area contributed by atoms with Gasteiger partial charge in [0.1, 0.15) is 0 Å². The van der Waals surface area contributed by atoms with Gasteiger partial charge in [0.2, 0.25) is 11.4 Å². The van der Waals surface area contributed by atoms with Gasteiger partial charge in [-0.15, -0.1) is 0 Å². The van der Waals surface area contributed by atoms with Crippen LogP contribution in [0.4, 0.5) is 57.1 Å². The highest BCUT2D eigenvalue weighted by Crippen LogP contribution is 2.63. The molecule has 0 saturated carbocycles. The van der Waals surface area contributed by atoms with E-state index in [2.05, 4.69) is 9.05 Å². The van der Waals surface area contributed by atoms with Crippen molar-refractivity contribution in [1.82, 2.24) is 0 Å². The van der Waals surface area contributed by atoms with Crippen LogP contribution in [-0.4, -0.2) is 43.1 Å². The third-order valence-electron chi connectivity index (χ3n) is 2.83. The molecule has 0 bridgehead atoms. The van der Waals surface area contributed by atoms with Crippen LogP contribution in [0.25, 0.3) is 0 Å². The van der Waals surface area contributed by atoms with Crippen molar-refractivity contribution in [3.8, 4) is 0 Å². The summed E-state index contributed by atoms with van der Waals surface area (Å²) in [6.45, 7) is 0.00771. The fraction of sp³-hybridized carbons (Fsp3) is 0.818. The lowest BCUT2D eigenvalue weighted by molar-refractivity contribution is -0.419. The minimum absolute atomic E-state index is 0.887. The van der Waals surface area contributed by atoms with E-state index < -0.39 is 62.1 Å². The van der Waals surface area contributed by atoms with Crippen molar-refractivity contribution in [1.29, 1.82) is 0 Å². The average Bonchev–Trinajstić information content (AvgIpc) is 2.52. The summed E-state index contributed by atoms with van der Waals surface area (Å²) in [5.41, 5.74) is -3.51. The third-order valence-corrected chi connectivity index (χ3v) is 4.71. The fourth-order valence-corrected chi connectivity index (χ4v) is 2.81. The van der Waals surface area contributed by atoms with Crippen LogP contribution in [0.3, 0.4) is 0 Å². The molecule has 0 N–H and O–H groups in total. The lowest BCUT2D eigenvalue weighted by Gasteiger charge is -2.36. The van der Waals surface area contributed by atoms with Crippen molar-refractivity contribution < 1.29 is 70.7 Å². The summed E-state index contributed by atoms with van der Waals surface area (Å²) in [5.74, 6) is -35.2. The Balaban J connectivity index is 6.59. The van der Waals surface area contributed by atoms with Gasteiger partial charge < -0.3 is 9.05 Å². The number of hydrogen-bond acceptors (Lipinski definition) is 3. The van der Waals surface area contributed by atoms with Gasteiger partial charge in [0, 0.05) is 0 Å². The molecule has 0 rings (SSSR count). The molecule has 0 aliphatic carbocycles. The standard InChI is InChI=1S/C11H10F13O3P/c1-3-26-28(25,27-4-2)6(13)5(12)7(14,15)8(16,17)9(18,19)10(20,21)11(22,23)24/h3-4H2,1-2H3. The molecule has 0 radical (unpaired) electrons. The van der Waals surface area contributed by atoms with Gasteiger partial charge in [-0.25, -0.2) is 4.39 Å². The van der Waals surface area contributed by atoms with Crippen LogP contribution in [0, 0.1) is 0 Å². The number of halogens is 13. The zero-order valence-corrected chi connectivity index (χ0v) is 14.4. The Morgan fingerprint density at radius 3 is 1.36 bits per heavy atom. The van der Waals surface area contributed by atoms with E-state index in [-0.39, 0.29) is 0 Å². The van der Waals surface area contributed by atoms with Crippen LogP contribution in [0.15, 0.2) is 11.4 Å². The van der Waals surface area contributed by atoms with Gasteiger partial charge in [-0.05, 0) is 13.8 Å². The predicted molar refractivity (Wildman–Crippen MR) is 65.9 cm³/mol. The van der Waals surface area contributed by atoms with Crippen molar-refractivity contribution in [3.05, 3.63) is 11.4 Å². The van der Waals surface area contributed by atoms with Crippen LogP contribution in [0.2, 0.25) is 0 Å². The van der Waals surface area contributed by atoms with E-state index in [1.165, 1.54) is 0 Å². The maximum absolute atomic E-state index is 13.7. The zero-order valence-electron chi connectivity index (χ0n) is 13.5. The second kappa shape index (κ2) is 8.01. The molecule has 0 atom stereocenters. The first-order valence-electron chi connectivity index (χ1n) is 6.72. The average molecular weight is 468 g/mol. The molecule has 0 saturated heterocycles. The van der Waals surface area contributed by atoms with Crippen LogP contribution in [0.5, 0.6) is 0 Å². The van der Waals surface area contributed by atoms with E-state index in [0.29, 0.717) is 0 Å². The number of rotatable bonds is 9. The maximum atomic E-state index is 13.7. The Labute approximate surface area is 148 Å². The smallest absolute Gasteiger partial charge is 0.304 e. The van der Waals surface area contributed by atoms with Gasteiger partial charge in [-0.2, -0.15) is 52.7 Å². The highest BCUT2D eigenvalue weighted by atomic mass is 31.2. The van der Waals surface area contributed by atoms with Crippen LogP contribution in [0.1, 0.15) is 13.8 Å². The van der Waals surface area contributed by atoms with Crippen LogP contribution in [-0.2, 0) is 13.6 Å². The van der Waals surface area contributed by atoms with Gasteiger partial charge in [-0.3, -0.25) is 4.57 Å². The molecule has 0 aliphatic heterocycles. The van der Waals surface area contributed by atoms with Crippen molar-refractivity contribution in [2.75, 3.05) is 13.2 Å². The van der Waals surface area contributed by atoms with Crippen molar-refractivity contribution in [3.63, 3.8) is 0 Å². The molecule has 0 heterocycles. The molecule has 0 aromatic rings. The summed E-state index contributed by atoms with van der Waals surface area (Å²) in [6.07, 6.45) is -7.47. The van der Waals surface area contributed by atoms with Gasteiger partial charge in [0.15, 0.2) is 0 Å². The molecule has 0 spiro atoms. The monoisotopic (exact) mass is 468 g/mol. The molecule has 0 fully saturated rings. The summed E-state index contributed by atoms with van der Waals surface area (Å²) in [5, 5.41) is 0. The van der Waals surface area contributed by atoms with Crippen molar-refractivity contribution in [2.45, 2.75) is 43.7 Å². The number of alkyl halides is 11. The van der Waals surface area contributed by atoms with Crippen molar-refractivity contribution >= 4 is 7.60 Å². The highest BCUT2D eigenvalue weighted by Gasteiger charge is 2.88. The van der Waals surface area contributed by atoms with E-state index in [9.17, 15) is 61.6 Å². The summed E-state index contributed by atoms with van der Waals surface area (Å²) in [7, 11) is -5.79. The molecule has 17 heteroatoms. The lowest BCUT2D eigenvalue weighted by Crippen LogP contribution is -2.66. The number of allylic oxidation sites excluding steroid dienone is 1. The van der Waals surface area contributed by atoms with E-state index in [1.807, 2.05) is 0 Å². The quantitative estimate of drug-likeness (QED) is 0.288. The molecule has 0 aliphatic rings. The van der Waals surface area contributed by atoms with E-state index in [0.717, 1.165) is 13.8 Å². The van der Waals surface area contributed by atoms with Gasteiger partial charge in [-0.1, -0.05) is 0 Å². The lowest BCUT2D eigenvalue weighted by atomic mass is 9.97. The first-order valence-corrected chi connectivity index (χ1v) is 8.26. The van der Waals surface area contributed by atoms with Crippen LogP contribution >= 0.6 is 7.60 Å². The second-order valence-electron chi connectivity index (χ2n) is 4.73. The predicted octanol–water partition coefficient (Wildman–Crippen LogP) is 6.46. The van der Waals surface area contributed by atoms with Gasteiger partial charge in [0.05, 0.1) is 13.2 Å². The first kappa shape index (κ1) is 27.0. The maximum Gasteiger partial charge on any atom is 0.460 e. The SMILES string of the molecule is CCOP(=O)(OCC)C(F)=C(F)C(F)(F)C(F)(F)C(F)(F)C(F)(F)C(F)(F)F.